The fourth-order valence-corrected chi connectivity index (χ4v) is 3.21. The van der Waals surface area contributed by atoms with Crippen molar-refractivity contribution in [1.29, 1.82) is 5.26 Å². The summed E-state index contributed by atoms with van der Waals surface area (Å²) in [4.78, 5) is 24.4. The number of benzene rings is 2. The molecule has 0 aliphatic heterocycles. The van der Waals surface area contributed by atoms with Crippen molar-refractivity contribution in [3.63, 3.8) is 0 Å². The molecule has 2 aromatic heterocycles. The smallest absolute Gasteiger partial charge is 0.364 e. The highest BCUT2D eigenvalue weighted by Gasteiger charge is 2.13. The normalized spacial score (nSPS) is 10.9. The van der Waals surface area contributed by atoms with E-state index in [0.29, 0.717) is 35.4 Å². The third-order valence-corrected chi connectivity index (χ3v) is 4.70. The van der Waals surface area contributed by atoms with Gasteiger partial charge >= 0.3 is 5.69 Å². The van der Waals surface area contributed by atoms with Crippen molar-refractivity contribution in [2.45, 2.75) is 20.0 Å². The summed E-state index contributed by atoms with van der Waals surface area (Å²) in [5.41, 5.74) is 1.65. The molecule has 0 radical (unpaired) electrons. The van der Waals surface area contributed by atoms with E-state index in [1.165, 1.54) is 4.57 Å². The van der Waals surface area contributed by atoms with Gasteiger partial charge in [-0.25, -0.2) is 9.48 Å². The minimum atomic E-state index is -0.776. The van der Waals surface area contributed by atoms with E-state index in [9.17, 15) is 14.8 Å². The predicted molar refractivity (Wildman–Crippen MR) is 105 cm³/mol. The zero-order chi connectivity index (χ0) is 20.5. The van der Waals surface area contributed by atoms with Gasteiger partial charge in [0, 0.05) is 12.1 Å². The maximum Gasteiger partial charge on any atom is 0.364 e. The van der Waals surface area contributed by atoms with Gasteiger partial charge in [-0.05, 0) is 36.8 Å². The van der Waals surface area contributed by atoms with Crippen molar-refractivity contribution < 1.29 is 5.21 Å². The lowest BCUT2D eigenvalue weighted by Crippen LogP contribution is -2.38. The highest BCUT2D eigenvalue weighted by atomic mass is 16.5. The summed E-state index contributed by atoms with van der Waals surface area (Å²) in [6.07, 6.45) is 1.74. The Labute approximate surface area is 164 Å². The Balaban J connectivity index is 1.71. The van der Waals surface area contributed by atoms with Crippen molar-refractivity contribution in [2.24, 2.45) is 0 Å². The van der Waals surface area contributed by atoms with Gasteiger partial charge in [0.05, 0.1) is 35.3 Å². The maximum absolute atomic E-state index is 12.3. The molecule has 0 atom stereocenters. The number of rotatable bonds is 4. The molecule has 1 N–H and O–H groups in total. The molecular formula is C20H16N6O3. The molecule has 29 heavy (non-hydrogen) atoms. The van der Waals surface area contributed by atoms with Crippen LogP contribution in [-0.2, 0) is 13.1 Å². The third kappa shape index (κ3) is 3.17. The van der Waals surface area contributed by atoms with Crippen molar-refractivity contribution in [3.8, 4) is 17.3 Å². The average molecular weight is 388 g/mol. The number of hydrogen-bond acceptors (Lipinski definition) is 6. The van der Waals surface area contributed by atoms with E-state index in [0.717, 1.165) is 5.56 Å². The van der Waals surface area contributed by atoms with Crippen LogP contribution in [0.5, 0.6) is 0 Å². The SMILES string of the molecule is CCn1c(=O)n(O)c(=O)c2cc(-c3cn(Cc4ccc(C#N)cc4)nn3)ccc21. The van der Waals surface area contributed by atoms with Crippen LogP contribution in [0.2, 0.25) is 0 Å². The zero-order valence-electron chi connectivity index (χ0n) is 15.5. The number of aromatic nitrogens is 5. The molecule has 9 nitrogen and oxygen atoms in total. The molecular weight excluding hydrogens is 372 g/mol. The predicted octanol–water partition coefficient (Wildman–Crippen LogP) is 1.60. The molecule has 0 amide bonds. The molecule has 0 aliphatic carbocycles. The second kappa shape index (κ2) is 7.09. The number of fused-ring (bicyclic) bond motifs is 1. The summed E-state index contributed by atoms with van der Waals surface area (Å²) in [7, 11) is 0. The Morgan fingerprint density at radius 1 is 1.14 bits per heavy atom. The summed E-state index contributed by atoms with van der Waals surface area (Å²) < 4.78 is 3.10. The van der Waals surface area contributed by atoms with E-state index in [-0.39, 0.29) is 10.1 Å². The number of nitrogens with zero attached hydrogens (tertiary/aromatic N) is 6. The summed E-state index contributed by atoms with van der Waals surface area (Å²) in [5.74, 6) is 0. The van der Waals surface area contributed by atoms with E-state index in [4.69, 9.17) is 5.26 Å². The number of nitriles is 1. The van der Waals surface area contributed by atoms with Gasteiger partial charge in [-0.15, -0.1) is 5.10 Å². The van der Waals surface area contributed by atoms with Gasteiger partial charge < -0.3 is 5.21 Å². The van der Waals surface area contributed by atoms with E-state index in [1.54, 1.807) is 48.1 Å². The summed E-state index contributed by atoms with van der Waals surface area (Å²) in [6.45, 7) is 2.55. The molecule has 9 heteroatoms. The molecule has 0 fully saturated rings. The van der Waals surface area contributed by atoms with Gasteiger partial charge in [-0.3, -0.25) is 9.36 Å². The van der Waals surface area contributed by atoms with Crippen molar-refractivity contribution in [1.82, 2.24) is 24.3 Å². The molecule has 0 saturated carbocycles. The highest BCUT2D eigenvalue weighted by Crippen LogP contribution is 2.20. The van der Waals surface area contributed by atoms with Crippen LogP contribution in [-0.4, -0.2) is 29.5 Å². The van der Waals surface area contributed by atoms with Crippen LogP contribution in [0.25, 0.3) is 22.2 Å². The number of aryl methyl sites for hydroxylation is 1. The van der Waals surface area contributed by atoms with Gasteiger partial charge in [0.2, 0.25) is 0 Å². The molecule has 0 bridgehead atoms. The molecule has 0 saturated heterocycles. The molecule has 144 valence electrons. The standard InChI is InChI=1S/C20H16N6O3/c1-2-25-18-8-7-15(9-16(18)19(27)26(29)20(25)28)17-12-24(23-22-17)11-14-5-3-13(10-21)4-6-14/h3-9,12,29H,2,11H2,1H3. The molecule has 2 aromatic carbocycles. The zero-order valence-corrected chi connectivity index (χ0v) is 15.5. The largest absolute Gasteiger partial charge is 0.421 e. The molecule has 4 aromatic rings. The van der Waals surface area contributed by atoms with Gasteiger partial charge in [0.1, 0.15) is 5.69 Å². The Hall–Kier alpha value is -4.19. The summed E-state index contributed by atoms with van der Waals surface area (Å²) in [6, 6.07) is 14.3. The van der Waals surface area contributed by atoms with Gasteiger partial charge in [0.15, 0.2) is 0 Å². The van der Waals surface area contributed by atoms with Crippen LogP contribution < -0.4 is 11.2 Å². The third-order valence-electron chi connectivity index (χ3n) is 4.70. The number of hydrogen-bond donors (Lipinski definition) is 1. The van der Waals surface area contributed by atoms with Crippen molar-refractivity contribution >= 4 is 10.9 Å². The molecule has 4 rings (SSSR count). The van der Waals surface area contributed by atoms with Crippen LogP contribution >= 0.6 is 0 Å². The minimum Gasteiger partial charge on any atom is -0.421 e. The fraction of sp³-hybridized carbons (Fsp3) is 0.150. The van der Waals surface area contributed by atoms with Crippen LogP contribution in [0.4, 0.5) is 0 Å². The lowest BCUT2D eigenvalue weighted by Gasteiger charge is -2.09. The van der Waals surface area contributed by atoms with Gasteiger partial charge in [-0.2, -0.15) is 5.26 Å². The Bertz CT molecular complexity index is 1370. The van der Waals surface area contributed by atoms with Crippen molar-refractivity contribution in [2.75, 3.05) is 0 Å². The summed E-state index contributed by atoms with van der Waals surface area (Å²) in [5, 5.41) is 27.2. The first-order chi connectivity index (χ1) is 14.0. The summed E-state index contributed by atoms with van der Waals surface area (Å²) >= 11 is 0. The topological polar surface area (TPSA) is 119 Å². The second-order valence-corrected chi connectivity index (χ2v) is 6.49. The second-order valence-electron chi connectivity index (χ2n) is 6.49. The maximum atomic E-state index is 12.3. The minimum absolute atomic E-state index is 0.122. The van der Waals surface area contributed by atoms with Crippen LogP contribution in [0.15, 0.2) is 58.3 Å². The molecule has 0 spiro atoms. The average Bonchev–Trinajstić information content (AvgIpc) is 3.21. The lowest BCUT2D eigenvalue weighted by atomic mass is 10.1. The quantitative estimate of drug-likeness (QED) is 0.531. The van der Waals surface area contributed by atoms with Crippen LogP contribution in [0.3, 0.4) is 0 Å². The lowest BCUT2D eigenvalue weighted by molar-refractivity contribution is 0.157. The Morgan fingerprint density at radius 3 is 2.59 bits per heavy atom. The van der Waals surface area contributed by atoms with Gasteiger partial charge in [0.25, 0.3) is 5.56 Å². The molecule has 0 aliphatic rings. The highest BCUT2D eigenvalue weighted by molar-refractivity contribution is 5.83. The van der Waals surface area contributed by atoms with E-state index < -0.39 is 11.2 Å². The first kappa shape index (κ1) is 18.2. The van der Waals surface area contributed by atoms with Crippen LogP contribution in [0.1, 0.15) is 18.1 Å². The van der Waals surface area contributed by atoms with E-state index in [1.807, 2.05) is 12.1 Å². The molecule has 0 unspecified atom stereocenters. The first-order valence-corrected chi connectivity index (χ1v) is 8.90. The molecule has 2 heterocycles. The van der Waals surface area contributed by atoms with E-state index in [2.05, 4.69) is 16.4 Å². The first-order valence-electron chi connectivity index (χ1n) is 8.90. The van der Waals surface area contributed by atoms with Gasteiger partial charge in [-0.1, -0.05) is 28.1 Å². The van der Waals surface area contributed by atoms with E-state index >= 15 is 0 Å². The monoisotopic (exact) mass is 388 g/mol. The fourth-order valence-electron chi connectivity index (χ4n) is 3.21. The Kier molecular flexibility index (Phi) is 4.44. The Morgan fingerprint density at radius 2 is 1.90 bits per heavy atom. The van der Waals surface area contributed by atoms with Crippen LogP contribution in [0, 0.1) is 11.3 Å². The van der Waals surface area contributed by atoms with Crippen molar-refractivity contribution in [3.05, 3.63) is 80.6 Å².